The summed E-state index contributed by atoms with van der Waals surface area (Å²) < 4.78 is 122. The Balaban J connectivity index is 5.88. The highest BCUT2D eigenvalue weighted by molar-refractivity contribution is 6.19. The largest absolute Gasteiger partial charge is 0.435 e. The molecule has 11 heteroatoms. The van der Waals surface area contributed by atoms with Gasteiger partial charge < -0.3 is 0 Å². The fourth-order valence-electron chi connectivity index (χ4n) is 0.957. The molecule has 0 heterocycles. The van der Waals surface area contributed by atoms with Crippen LogP contribution in [0, 0.1) is 0 Å². The molecule has 0 radical (unpaired) electrons. The molecule has 0 aliphatic heterocycles. The molecule has 0 aliphatic rings. The molecule has 0 bridgehead atoms. The van der Waals surface area contributed by atoms with E-state index >= 15 is 0 Å². The molecule has 18 heavy (non-hydrogen) atoms. The van der Waals surface area contributed by atoms with Gasteiger partial charge in [-0.25, -0.2) is 22.0 Å². The lowest BCUT2D eigenvalue weighted by atomic mass is 9.93. The van der Waals surface area contributed by atoms with Crippen molar-refractivity contribution in [1.82, 2.24) is 0 Å². The molecule has 0 aromatic rings. The fourth-order valence-corrected chi connectivity index (χ4v) is 1.15. The van der Waals surface area contributed by atoms with Crippen LogP contribution in [0.5, 0.6) is 0 Å². The molecule has 108 valence electrons. The van der Waals surface area contributed by atoms with Crippen molar-refractivity contribution in [2.75, 3.05) is 0 Å². The van der Waals surface area contributed by atoms with E-state index in [9.17, 15) is 43.9 Å². The topological polar surface area (TPSA) is 0 Å². The summed E-state index contributed by atoms with van der Waals surface area (Å²) in [6.45, 7) is 0. The number of hydrogen-bond acceptors (Lipinski definition) is 0. The van der Waals surface area contributed by atoms with Gasteiger partial charge in [0.25, 0.3) is 0 Å². The summed E-state index contributed by atoms with van der Waals surface area (Å²) in [5.41, 5.74) is -9.54. The zero-order chi connectivity index (χ0) is 14.9. The molecule has 0 saturated heterocycles. The molecule has 0 aromatic heterocycles. The molecular weight excluding hydrogens is 310 g/mol. The highest BCUT2D eigenvalue weighted by Crippen LogP contribution is 2.53. The maximum Gasteiger partial charge on any atom is 0.435 e. The third-order valence-electron chi connectivity index (χ3n) is 1.77. The Kier molecular flexibility index (Phi) is 4.95. The van der Waals surface area contributed by atoms with Crippen LogP contribution in [0.1, 0.15) is 6.42 Å². The standard InChI is InChI=1S/C7H3ClF10/c8-2(9)1-5(13,14)6(15,7(16,17)18)3(10)4(11)12/h2H,1H2. The van der Waals surface area contributed by atoms with E-state index in [0.717, 1.165) is 0 Å². The summed E-state index contributed by atoms with van der Waals surface area (Å²) >= 11 is 4.30. The molecule has 0 amide bonds. The maximum absolute atomic E-state index is 13.1. The van der Waals surface area contributed by atoms with Gasteiger partial charge in [-0.1, -0.05) is 11.6 Å². The Morgan fingerprint density at radius 2 is 1.33 bits per heavy atom. The highest BCUT2D eigenvalue weighted by atomic mass is 35.5. The van der Waals surface area contributed by atoms with Crippen LogP contribution in [0.4, 0.5) is 43.9 Å². The fraction of sp³-hybridized carbons (Fsp3) is 0.714. The second-order valence-electron chi connectivity index (χ2n) is 3.03. The number of allylic oxidation sites excluding steroid dienone is 1. The number of halogens is 11. The molecule has 0 spiro atoms. The van der Waals surface area contributed by atoms with Gasteiger partial charge >= 0.3 is 23.8 Å². The van der Waals surface area contributed by atoms with Crippen LogP contribution in [-0.4, -0.2) is 23.4 Å². The van der Waals surface area contributed by atoms with E-state index in [4.69, 9.17) is 0 Å². The van der Waals surface area contributed by atoms with Gasteiger partial charge in [0.2, 0.25) is 5.83 Å². The first-order valence-electron chi connectivity index (χ1n) is 3.90. The van der Waals surface area contributed by atoms with E-state index in [2.05, 4.69) is 11.6 Å². The minimum absolute atomic E-state index is 2.63. The Labute approximate surface area is 98.2 Å². The van der Waals surface area contributed by atoms with Crippen LogP contribution >= 0.6 is 11.6 Å². The zero-order valence-corrected chi connectivity index (χ0v) is 8.70. The monoisotopic (exact) mass is 312 g/mol. The number of hydrogen-bond donors (Lipinski definition) is 0. The van der Waals surface area contributed by atoms with Gasteiger partial charge in [0, 0.05) is 0 Å². The van der Waals surface area contributed by atoms with Gasteiger partial charge in [0.15, 0.2) is 5.63 Å². The van der Waals surface area contributed by atoms with E-state index in [1.807, 2.05) is 0 Å². The zero-order valence-electron chi connectivity index (χ0n) is 7.94. The summed E-state index contributed by atoms with van der Waals surface area (Å²) in [4.78, 5) is 0. The smallest absolute Gasteiger partial charge is 0.230 e. The van der Waals surface area contributed by atoms with Crippen LogP contribution in [0.2, 0.25) is 0 Å². The minimum atomic E-state index is -6.73. The normalized spacial score (nSPS) is 18.2. The highest BCUT2D eigenvalue weighted by Gasteiger charge is 2.75. The Bertz CT molecular complexity index is 328. The average molecular weight is 313 g/mol. The van der Waals surface area contributed by atoms with Crippen molar-refractivity contribution in [1.29, 1.82) is 0 Å². The molecule has 0 rings (SSSR count). The first-order valence-corrected chi connectivity index (χ1v) is 4.34. The van der Waals surface area contributed by atoms with Gasteiger partial charge in [-0.3, -0.25) is 0 Å². The van der Waals surface area contributed by atoms with E-state index in [0.29, 0.717) is 0 Å². The lowest BCUT2D eigenvalue weighted by Gasteiger charge is -2.33. The molecule has 0 saturated carbocycles. The van der Waals surface area contributed by atoms with Gasteiger partial charge in [0.05, 0.1) is 6.42 Å². The third-order valence-corrected chi connectivity index (χ3v) is 1.93. The minimum Gasteiger partial charge on any atom is -0.230 e. The van der Waals surface area contributed by atoms with Crippen molar-refractivity contribution in [3.8, 4) is 0 Å². The molecular formula is C7H3ClF10. The predicted octanol–water partition coefficient (Wildman–Crippen LogP) is 4.89. The van der Waals surface area contributed by atoms with E-state index in [1.54, 1.807) is 0 Å². The quantitative estimate of drug-likeness (QED) is 0.512. The van der Waals surface area contributed by atoms with Gasteiger partial charge in [0.1, 0.15) is 0 Å². The SMILES string of the molecule is FC(F)=C(F)C(F)(C(F)(F)F)C(F)(F)CC(F)Cl. The van der Waals surface area contributed by atoms with Crippen LogP contribution in [0.15, 0.2) is 11.9 Å². The van der Waals surface area contributed by atoms with Crippen LogP contribution in [0.25, 0.3) is 0 Å². The molecule has 0 fully saturated rings. The summed E-state index contributed by atoms with van der Waals surface area (Å²) in [6.07, 6.45) is -13.3. The Morgan fingerprint density at radius 3 is 1.56 bits per heavy atom. The lowest BCUT2D eigenvalue weighted by molar-refractivity contribution is -0.295. The van der Waals surface area contributed by atoms with Gasteiger partial charge in [-0.2, -0.15) is 22.0 Å². The summed E-state index contributed by atoms with van der Waals surface area (Å²) in [5, 5.41) is 0. The molecule has 2 unspecified atom stereocenters. The summed E-state index contributed by atoms with van der Waals surface area (Å²) in [5.74, 6) is -9.88. The second-order valence-corrected chi connectivity index (χ2v) is 3.50. The molecule has 0 N–H and O–H groups in total. The van der Waals surface area contributed by atoms with Gasteiger partial charge in [-0.05, 0) is 0 Å². The van der Waals surface area contributed by atoms with Crippen molar-refractivity contribution in [2.45, 2.75) is 29.8 Å². The van der Waals surface area contributed by atoms with E-state index in [-0.39, 0.29) is 0 Å². The second kappa shape index (κ2) is 5.14. The molecule has 0 aromatic carbocycles. The summed E-state index contributed by atoms with van der Waals surface area (Å²) in [6, 6.07) is 0. The maximum atomic E-state index is 13.1. The Hall–Kier alpha value is -0.670. The van der Waals surface area contributed by atoms with Crippen LogP contribution in [0.3, 0.4) is 0 Å². The molecule has 0 aliphatic carbocycles. The first-order chi connectivity index (χ1) is 7.77. The van der Waals surface area contributed by atoms with Crippen molar-refractivity contribution < 1.29 is 43.9 Å². The van der Waals surface area contributed by atoms with Crippen molar-refractivity contribution in [3.05, 3.63) is 11.9 Å². The number of rotatable bonds is 4. The molecule has 0 nitrogen and oxygen atoms in total. The van der Waals surface area contributed by atoms with Crippen molar-refractivity contribution in [2.24, 2.45) is 0 Å². The predicted molar refractivity (Wildman–Crippen MR) is 40.6 cm³/mol. The third kappa shape index (κ3) is 3.01. The van der Waals surface area contributed by atoms with Crippen molar-refractivity contribution in [3.63, 3.8) is 0 Å². The average Bonchev–Trinajstić information content (AvgIpc) is 2.10. The number of alkyl halides is 8. The van der Waals surface area contributed by atoms with E-state index in [1.165, 1.54) is 0 Å². The van der Waals surface area contributed by atoms with Crippen LogP contribution < -0.4 is 0 Å². The van der Waals surface area contributed by atoms with Crippen molar-refractivity contribution >= 4 is 11.6 Å². The Morgan fingerprint density at radius 1 is 0.944 bits per heavy atom. The first kappa shape index (κ1) is 17.3. The molecule has 2 atom stereocenters. The van der Waals surface area contributed by atoms with E-state index < -0.39 is 41.7 Å². The summed E-state index contributed by atoms with van der Waals surface area (Å²) in [7, 11) is 0. The lowest BCUT2D eigenvalue weighted by Crippen LogP contribution is -2.56. The van der Waals surface area contributed by atoms with Crippen LogP contribution in [-0.2, 0) is 0 Å². The van der Waals surface area contributed by atoms with Gasteiger partial charge in [-0.15, -0.1) is 0 Å².